The van der Waals surface area contributed by atoms with Crippen molar-refractivity contribution < 1.29 is 9.18 Å². The van der Waals surface area contributed by atoms with E-state index in [1.54, 1.807) is 4.90 Å². The van der Waals surface area contributed by atoms with Gasteiger partial charge in [0, 0.05) is 11.1 Å². The average Bonchev–Trinajstić information content (AvgIpc) is 2.91. The second-order valence-electron chi connectivity index (χ2n) is 4.96. The number of thiocarbonyl (C=S) groups is 1. The van der Waals surface area contributed by atoms with Crippen molar-refractivity contribution >= 4 is 34.7 Å². The third kappa shape index (κ3) is 3.46. The maximum absolute atomic E-state index is 13.8. The summed E-state index contributed by atoms with van der Waals surface area (Å²) in [5.41, 5.74) is 5.54. The minimum Gasteiger partial charge on any atom is -0.392 e. The largest absolute Gasteiger partial charge is 0.392 e. The first-order valence-electron chi connectivity index (χ1n) is 6.53. The summed E-state index contributed by atoms with van der Waals surface area (Å²) in [6, 6.07) is 4.03. The first kappa shape index (κ1) is 15.2. The molecule has 2 rings (SSSR count). The lowest BCUT2D eigenvalue weighted by Crippen LogP contribution is -2.43. The van der Waals surface area contributed by atoms with Crippen LogP contribution in [0.4, 0.5) is 4.39 Å². The van der Waals surface area contributed by atoms with Gasteiger partial charge in [-0.1, -0.05) is 36.7 Å². The Hall–Kier alpha value is -1.20. The fraction of sp³-hybridized carbons (Fsp3) is 0.429. The molecule has 6 heteroatoms. The molecule has 2 N–H and O–H groups in total. The van der Waals surface area contributed by atoms with Gasteiger partial charge in [0.05, 0.1) is 17.1 Å². The van der Waals surface area contributed by atoms with Gasteiger partial charge in [0.15, 0.2) is 0 Å². The Morgan fingerprint density at radius 3 is 2.70 bits per heavy atom. The van der Waals surface area contributed by atoms with Crippen molar-refractivity contribution in [1.29, 1.82) is 0 Å². The zero-order valence-electron chi connectivity index (χ0n) is 10.9. The van der Waals surface area contributed by atoms with Gasteiger partial charge in [0.1, 0.15) is 5.82 Å². The van der Waals surface area contributed by atoms with Crippen LogP contribution in [0.3, 0.4) is 0 Å². The minimum atomic E-state index is -0.578. The number of carbonyl (C=O) groups is 1. The first-order valence-corrected chi connectivity index (χ1v) is 7.32. The number of amides is 1. The average molecular weight is 315 g/mol. The Morgan fingerprint density at radius 1 is 1.45 bits per heavy atom. The molecule has 1 aliphatic carbocycles. The van der Waals surface area contributed by atoms with Crippen LogP contribution in [-0.4, -0.2) is 28.4 Å². The Balaban J connectivity index is 2.29. The van der Waals surface area contributed by atoms with E-state index in [0.29, 0.717) is 5.02 Å². The van der Waals surface area contributed by atoms with E-state index < -0.39 is 11.7 Å². The smallest absolute Gasteiger partial charge is 0.257 e. The second kappa shape index (κ2) is 6.50. The van der Waals surface area contributed by atoms with Gasteiger partial charge in [-0.05, 0) is 31.0 Å². The molecule has 0 saturated heterocycles. The highest BCUT2D eigenvalue weighted by Crippen LogP contribution is 2.26. The summed E-state index contributed by atoms with van der Waals surface area (Å²) < 4.78 is 13.8. The van der Waals surface area contributed by atoms with Crippen molar-refractivity contribution in [3.8, 4) is 0 Å². The predicted octanol–water partition coefficient (Wildman–Crippen LogP) is 3.15. The summed E-state index contributed by atoms with van der Waals surface area (Å²) in [6.07, 6.45) is 3.92. The lowest BCUT2D eigenvalue weighted by Gasteiger charge is -2.28. The summed E-state index contributed by atoms with van der Waals surface area (Å²) in [5, 5.41) is 0.330. The maximum Gasteiger partial charge on any atom is 0.257 e. The molecule has 0 aliphatic heterocycles. The molecular formula is C14H16ClFN2OS. The SMILES string of the molecule is NC(=S)CN(C(=O)c1cc(Cl)ccc1F)C1CCCC1. The quantitative estimate of drug-likeness (QED) is 0.868. The highest BCUT2D eigenvalue weighted by Gasteiger charge is 2.29. The Kier molecular flexibility index (Phi) is 4.94. The highest BCUT2D eigenvalue weighted by molar-refractivity contribution is 7.80. The van der Waals surface area contributed by atoms with Crippen molar-refractivity contribution in [3.05, 3.63) is 34.6 Å². The Labute approximate surface area is 127 Å². The number of halogens is 2. The van der Waals surface area contributed by atoms with Gasteiger partial charge in [-0.2, -0.15) is 0 Å². The van der Waals surface area contributed by atoms with Crippen LogP contribution in [0.2, 0.25) is 5.02 Å². The van der Waals surface area contributed by atoms with Crippen molar-refractivity contribution in [2.75, 3.05) is 6.54 Å². The molecule has 108 valence electrons. The normalized spacial score (nSPS) is 15.3. The van der Waals surface area contributed by atoms with Gasteiger partial charge < -0.3 is 10.6 Å². The van der Waals surface area contributed by atoms with E-state index in [2.05, 4.69) is 0 Å². The van der Waals surface area contributed by atoms with Gasteiger partial charge >= 0.3 is 0 Å². The summed E-state index contributed by atoms with van der Waals surface area (Å²) in [7, 11) is 0. The molecule has 0 atom stereocenters. The van der Waals surface area contributed by atoms with Crippen LogP contribution >= 0.6 is 23.8 Å². The topological polar surface area (TPSA) is 46.3 Å². The molecule has 0 radical (unpaired) electrons. The molecule has 3 nitrogen and oxygen atoms in total. The van der Waals surface area contributed by atoms with Crippen LogP contribution in [0.1, 0.15) is 36.0 Å². The van der Waals surface area contributed by atoms with E-state index in [9.17, 15) is 9.18 Å². The number of hydrogen-bond acceptors (Lipinski definition) is 2. The summed E-state index contributed by atoms with van der Waals surface area (Å²) >= 11 is 10.7. The standard InChI is InChI=1S/C14H16ClFN2OS/c15-9-5-6-12(16)11(7-9)14(19)18(8-13(17)20)10-3-1-2-4-10/h5-7,10H,1-4,8H2,(H2,17,20). The van der Waals surface area contributed by atoms with E-state index in [-0.39, 0.29) is 23.1 Å². The molecule has 0 unspecified atom stereocenters. The van der Waals surface area contributed by atoms with Crippen LogP contribution in [-0.2, 0) is 0 Å². The molecule has 0 heterocycles. The predicted molar refractivity (Wildman–Crippen MR) is 81.5 cm³/mol. The number of hydrogen-bond donors (Lipinski definition) is 1. The molecule has 1 amide bonds. The van der Waals surface area contributed by atoms with Crippen LogP contribution < -0.4 is 5.73 Å². The van der Waals surface area contributed by atoms with E-state index >= 15 is 0 Å². The van der Waals surface area contributed by atoms with Crippen molar-refractivity contribution in [1.82, 2.24) is 4.90 Å². The molecule has 1 aromatic rings. The van der Waals surface area contributed by atoms with Crippen LogP contribution in [0, 0.1) is 5.82 Å². The second-order valence-corrected chi connectivity index (χ2v) is 5.92. The Morgan fingerprint density at radius 2 is 2.10 bits per heavy atom. The molecule has 0 aromatic heterocycles. The van der Waals surface area contributed by atoms with Gasteiger partial charge in [0.2, 0.25) is 0 Å². The molecule has 1 fully saturated rings. The highest BCUT2D eigenvalue weighted by atomic mass is 35.5. The van der Waals surface area contributed by atoms with E-state index in [0.717, 1.165) is 25.7 Å². The fourth-order valence-corrected chi connectivity index (χ4v) is 2.88. The number of nitrogens with two attached hydrogens (primary N) is 1. The molecule has 20 heavy (non-hydrogen) atoms. The molecule has 1 saturated carbocycles. The number of carbonyl (C=O) groups excluding carboxylic acids is 1. The van der Waals surface area contributed by atoms with Crippen LogP contribution in [0.25, 0.3) is 0 Å². The lowest BCUT2D eigenvalue weighted by atomic mass is 10.1. The van der Waals surface area contributed by atoms with Crippen molar-refractivity contribution in [2.45, 2.75) is 31.7 Å². The summed E-state index contributed by atoms with van der Waals surface area (Å²) in [5.74, 6) is -0.977. The fourth-order valence-electron chi connectivity index (χ4n) is 2.57. The van der Waals surface area contributed by atoms with E-state index in [4.69, 9.17) is 29.6 Å². The molecule has 1 aliphatic rings. The third-order valence-corrected chi connectivity index (χ3v) is 3.88. The van der Waals surface area contributed by atoms with Crippen LogP contribution in [0.15, 0.2) is 18.2 Å². The minimum absolute atomic E-state index is 0.0272. The number of benzene rings is 1. The van der Waals surface area contributed by atoms with Gasteiger partial charge in [-0.3, -0.25) is 4.79 Å². The lowest BCUT2D eigenvalue weighted by molar-refractivity contribution is 0.0710. The number of nitrogens with zero attached hydrogens (tertiary/aromatic N) is 1. The first-order chi connectivity index (χ1) is 9.49. The van der Waals surface area contributed by atoms with Gasteiger partial charge in [-0.25, -0.2) is 4.39 Å². The monoisotopic (exact) mass is 314 g/mol. The zero-order valence-corrected chi connectivity index (χ0v) is 12.5. The third-order valence-electron chi connectivity index (χ3n) is 3.51. The van der Waals surface area contributed by atoms with Gasteiger partial charge in [0.25, 0.3) is 5.91 Å². The summed E-state index contributed by atoms with van der Waals surface area (Å²) in [6.45, 7) is 0.171. The zero-order chi connectivity index (χ0) is 14.7. The number of rotatable bonds is 4. The maximum atomic E-state index is 13.8. The van der Waals surface area contributed by atoms with Gasteiger partial charge in [-0.15, -0.1) is 0 Å². The van der Waals surface area contributed by atoms with Crippen molar-refractivity contribution in [3.63, 3.8) is 0 Å². The van der Waals surface area contributed by atoms with Crippen molar-refractivity contribution in [2.24, 2.45) is 5.73 Å². The molecule has 0 bridgehead atoms. The molecule has 0 spiro atoms. The molecule has 1 aromatic carbocycles. The van der Waals surface area contributed by atoms with E-state index in [1.165, 1.54) is 18.2 Å². The van der Waals surface area contributed by atoms with E-state index in [1.807, 2.05) is 0 Å². The Bertz CT molecular complexity index is 532. The molecular weight excluding hydrogens is 299 g/mol. The summed E-state index contributed by atoms with van der Waals surface area (Å²) in [4.78, 5) is 14.4. The van der Waals surface area contributed by atoms with Crippen LogP contribution in [0.5, 0.6) is 0 Å².